The van der Waals surface area contributed by atoms with Crippen LogP contribution in [0.25, 0.3) is 0 Å². The molecule has 118 valence electrons. The van der Waals surface area contributed by atoms with Gasteiger partial charge in [-0.1, -0.05) is 6.07 Å². The number of esters is 1. The summed E-state index contributed by atoms with van der Waals surface area (Å²) in [5, 5.41) is 0.777. The maximum atomic E-state index is 11.8. The maximum Gasteiger partial charge on any atom is 0.350 e. The number of nitrogens with zero attached hydrogens (tertiary/aromatic N) is 1. The van der Waals surface area contributed by atoms with Crippen molar-refractivity contribution >= 4 is 17.3 Å². The molecule has 0 amide bonds. The van der Waals surface area contributed by atoms with Crippen molar-refractivity contribution in [1.29, 1.82) is 0 Å². The molecule has 2 rings (SSSR count). The normalized spacial score (nSPS) is 10.6. The van der Waals surface area contributed by atoms with E-state index in [1.54, 1.807) is 6.92 Å². The Balaban J connectivity index is 2.13. The predicted octanol–water partition coefficient (Wildman–Crippen LogP) is 4.13. The van der Waals surface area contributed by atoms with Gasteiger partial charge in [-0.3, -0.25) is 0 Å². The molecule has 2 aromatic rings. The van der Waals surface area contributed by atoms with E-state index in [9.17, 15) is 4.79 Å². The van der Waals surface area contributed by atoms with Crippen LogP contribution in [0.4, 0.5) is 0 Å². The quantitative estimate of drug-likeness (QED) is 0.777. The lowest BCUT2D eigenvalue weighted by Gasteiger charge is -2.11. The zero-order chi connectivity index (χ0) is 16.3. The molecule has 0 bridgehead atoms. The number of aryl methyl sites for hydroxylation is 3. The average Bonchev–Trinajstić information content (AvgIpc) is 2.82. The summed E-state index contributed by atoms with van der Waals surface area (Å²) in [7, 11) is 0. The minimum Gasteiger partial charge on any atom is -0.486 e. The van der Waals surface area contributed by atoms with Gasteiger partial charge in [0.1, 0.15) is 22.2 Å². The Bertz CT molecular complexity index is 691. The molecule has 0 unspecified atom stereocenters. The van der Waals surface area contributed by atoms with Crippen molar-refractivity contribution in [3.8, 4) is 5.75 Å². The van der Waals surface area contributed by atoms with Gasteiger partial charge in [0.25, 0.3) is 0 Å². The van der Waals surface area contributed by atoms with Gasteiger partial charge in [-0.15, -0.1) is 11.3 Å². The van der Waals surface area contributed by atoms with Gasteiger partial charge in [0, 0.05) is 0 Å². The Morgan fingerprint density at radius 1 is 1.23 bits per heavy atom. The molecule has 0 spiro atoms. The van der Waals surface area contributed by atoms with Gasteiger partial charge in [0.2, 0.25) is 0 Å². The van der Waals surface area contributed by atoms with E-state index in [-0.39, 0.29) is 5.97 Å². The predicted molar refractivity (Wildman–Crippen MR) is 87.8 cm³/mol. The fourth-order valence-corrected chi connectivity index (χ4v) is 3.06. The molecule has 0 aliphatic carbocycles. The summed E-state index contributed by atoms with van der Waals surface area (Å²) in [5.41, 5.74) is 4.20. The molecule has 1 aromatic carbocycles. The summed E-state index contributed by atoms with van der Waals surface area (Å²) < 4.78 is 10.9. The summed E-state index contributed by atoms with van der Waals surface area (Å²) in [6, 6.07) is 4.16. The first-order chi connectivity index (χ1) is 10.4. The van der Waals surface area contributed by atoms with Crippen molar-refractivity contribution in [3.63, 3.8) is 0 Å². The minimum absolute atomic E-state index is 0.314. The molecule has 0 saturated heterocycles. The van der Waals surface area contributed by atoms with Gasteiger partial charge in [-0.05, 0) is 57.4 Å². The smallest absolute Gasteiger partial charge is 0.350 e. The standard InChI is InChI=1S/C17H21NO3S/c1-6-20-17(19)16-13(5)18-15(22-16)9-21-14-8-10(2)7-11(3)12(14)4/h7-8H,6,9H2,1-5H3. The highest BCUT2D eigenvalue weighted by Gasteiger charge is 2.16. The molecule has 5 heteroatoms. The summed E-state index contributed by atoms with van der Waals surface area (Å²) in [6.07, 6.45) is 0. The highest BCUT2D eigenvalue weighted by molar-refractivity contribution is 7.13. The zero-order valence-electron chi connectivity index (χ0n) is 13.6. The number of hydrogen-bond acceptors (Lipinski definition) is 5. The lowest BCUT2D eigenvalue weighted by atomic mass is 10.1. The molecule has 0 aliphatic rings. The largest absolute Gasteiger partial charge is 0.486 e. The Labute approximate surface area is 135 Å². The van der Waals surface area contributed by atoms with Crippen LogP contribution in [0, 0.1) is 27.7 Å². The van der Waals surface area contributed by atoms with Crippen molar-refractivity contribution in [2.24, 2.45) is 0 Å². The molecule has 1 aromatic heterocycles. The number of thiazole rings is 1. The number of carbonyl (C=O) groups is 1. The van der Waals surface area contributed by atoms with Crippen molar-refractivity contribution < 1.29 is 14.3 Å². The lowest BCUT2D eigenvalue weighted by molar-refractivity contribution is 0.0531. The van der Waals surface area contributed by atoms with Crippen molar-refractivity contribution in [2.75, 3.05) is 6.61 Å². The average molecular weight is 319 g/mol. The lowest BCUT2D eigenvalue weighted by Crippen LogP contribution is -2.03. The van der Waals surface area contributed by atoms with Crippen LogP contribution in [0.15, 0.2) is 12.1 Å². The number of aromatic nitrogens is 1. The Hall–Kier alpha value is -1.88. The highest BCUT2D eigenvalue weighted by Crippen LogP contribution is 2.26. The summed E-state index contributed by atoms with van der Waals surface area (Å²) in [4.78, 5) is 16.8. The first-order valence-electron chi connectivity index (χ1n) is 7.26. The summed E-state index contributed by atoms with van der Waals surface area (Å²) >= 11 is 1.33. The van der Waals surface area contributed by atoms with E-state index in [4.69, 9.17) is 9.47 Å². The fourth-order valence-electron chi connectivity index (χ4n) is 2.19. The van der Waals surface area contributed by atoms with E-state index in [1.807, 2.05) is 26.8 Å². The number of rotatable bonds is 5. The summed E-state index contributed by atoms with van der Waals surface area (Å²) in [6.45, 7) is 10.5. The van der Waals surface area contributed by atoms with Crippen molar-refractivity contribution in [1.82, 2.24) is 4.98 Å². The second-order valence-corrected chi connectivity index (χ2v) is 6.32. The third kappa shape index (κ3) is 3.65. The van der Waals surface area contributed by atoms with Crippen LogP contribution >= 0.6 is 11.3 Å². The minimum atomic E-state index is -0.314. The van der Waals surface area contributed by atoms with Crippen molar-refractivity contribution in [3.05, 3.63) is 44.4 Å². The third-order valence-electron chi connectivity index (χ3n) is 3.42. The van der Waals surface area contributed by atoms with Crippen LogP contribution in [0.5, 0.6) is 5.75 Å². The molecule has 1 heterocycles. The van der Waals surface area contributed by atoms with E-state index >= 15 is 0 Å². The van der Waals surface area contributed by atoms with E-state index < -0.39 is 0 Å². The van der Waals surface area contributed by atoms with Gasteiger partial charge in [-0.25, -0.2) is 9.78 Å². The summed E-state index contributed by atoms with van der Waals surface area (Å²) in [5.74, 6) is 0.550. The molecular weight excluding hydrogens is 298 g/mol. The van der Waals surface area contributed by atoms with Crippen LogP contribution in [0.1, 0.15) is 44.0 Å². The third-order valence-corrected chi connectivity index (χ3v) is 4.53. The SMILES string of the molecule is CCOC(=O)c1sc(COc2cc(C)cc(C)c2C)nc1C. The second kappa shape index (κ2) is 6.92. The molecule has 22 heavy (non-hydrogen) atoms. The maximum absolute atomic E-state index is 11.8. The molecule has 0 atom stereocenters. The number of benzene rings is 1. The molecule has 0 fully saturated rings. The van der Waals surface area contributed by atoms with Crippen LogP contribution in [-0.4, -0.2) is 17.6 Å². The van der Waals surface area contributed by atoms with Gasteiger partial charge in [0.15, 0.2) is 0 Å². The van der Waals surface area contributed by atoms with E-state index in [1.165, 1.54) is 22.5 Å². The molecule has 0 saturated carbocycles. The number of hydrogen-bond donors (Lipinski definition) is 0. The zero-order valence-corrected chi connectivity index (χ0v) is 14.5. The van der Waals surface area contributed by atoms with Gasteiger partial charge in [-0.2, -0.15) is 0 Å². The number of carbonyl (C=O) groups excluding carboxylic acids is 1. The topological polar surface area (TPSA) is 48.4 Å². The molecule has 4 nitrogen and oxygen atoms in total. The van der Waals surface area contributed by atoms with Gasteiger partial charge >= 0.3 is 5.97 Å². The van der Waals surface area contributed by atoms with E-state index in [0.717, 1.165) is 16.3 Å². The van der Waals surface area contributed by atoms with Crippen LogP contribution in [-0.2, 0) is 11.3 Å². The van der Waals surface area contributed by atoms with E-state index in [0.29, 0.717) is 23.8 Å². The molecular formula is C17H21NO3S. The Morgan fingerprint density at radius 3 is 2.64 bits per heavy atom. The second-order valence-electron chi connectivity index (χ2n) is 5.24. The van der Waals surface area contributed by atoms with Crippen molar-refractivity contribution in [2.45, 2.75) is 41.2 Å². The Kier molecular flexibility index (Phi) is 5.19. The van der Waals surface area contributed by atoms with Crippen LogP contribution in [0.3, 0.4) is 0 Å². The van der Waals surface area contributed by atoms with Gasteiger partial charge in [0.05, 0.1) is 12.3 Å². The monoisotopic (exact) mass is 319 g/mol. The van der Waals surface area contributed by atoms with Gasteiger partial charge < -0.3 is 9.47 Å². The first kappa shape index (κ1) is 16.5. The van der Waals surface area contributed by atoms with Crippen LogP contribution < -0.4 is 4.74 Å². The highest BCUT2D eigenvalue weighted by atomic mass is 32.1. The molecule has 0 aliphatic heterocycles. The first-order valence-corrected chi connectivity index (χ1v) is 8.08. The Morgan fingerprint density at radius 2 is 1.95 bits per heavy atom. The fraction of sp³-hybridized carbons (Fsp3) is 0.412. The molecule has 0 radical (unpaired) electrons. The molecule has 0 N–H and O–H groups in total. The van der Waals surface area contributed by atoms with E-state index in [2.05, 4.69) is 18.0 Å². The van der Waals surface area contributed by atoms with Crippen LogP contribution in [0.2, 0.25) is 0 Å². The number of ether oxygens (including phenoxy) is 2.